The number of ether oxygens (including phenoxy) is 5. The van der Waals surface area contributed by atoms with Crippen molar-refractivity contribution in [1.82, 2.24) is 0 Å². The molecule has 2 N–H and O–H groups in total. The van der Waals surface area contributed by atoms with E-state index in [1.807, 2.05) is 6.92 Å². The summed E-state index contributed by atoms with van der Waals surface area (Å²) < 4.78 is 47.2. The number of rotatable bonds is 79. The molecule has 7 unspecified atom stereocenters. The van der Waals surface area contributed by atoms with Gasteiger partial charge in [0.2, 0.25) is 7.42 Å². The van der Waals surface area contributed by atoms with Crippen LogP contribution in [0.3, 0.4) is 0 Å². The first-order valence-corrected chi connectivity index (χ1v) is 79.1. The topological polar surface area (TPSA) is 285 Å². The summed E-state index contributed by atoms with van der Waals surface area (Å²) in [6.45, 7) is 21.7. The Kier molecular flexibility index (Phi) is 108. The van der Waals surface area contributed by atoms with Crippen LogP contribution in [0.15, 0.2) is 0 Å². The van der Waals surface area contributed by atoms with E-state index in [1.165, 1.54) is 295 Å². The van der Waals surface area contributed by atoms with Gasteiger partial charge in [0.25, 0.3) is 13.4 Å². The van der Waals surface area contributed by atoms with Gasteiger partial charge in [0, 0.05) is 14.2 Å². The molecule has 5 fully saturated rings. The minimum absolute atomic E-state index is 0. The molecule has 5 rings (SSSR count). The highest BCUT2D eigenvalue weighted by molar-refractivity contribution is 7.45. The molecule has 0 spiro atoms. The van der Waals surface area contributed by atoms with E-state index in [9.17, 15) is 47.9 Å². The number of unbranched alkanes of at least 4 members (excludes halogenated alkanes) is 45. The molecule has 5 saturated heterocycles. The fraction of sp³-hybridized carbons (Fsp3) is 0.908. The van der Waals surface area contributed by atoms with E-state index in [2.05, 4.69) is 97.6 Å². The first-order valence-electron chi connectivity index (χ1n) is 54.6. The summed E-state index contributed by atoms with van der Waals surface area (Å²) in [5.41, 5.74) is 0. The van der Waals surface area contributed by atoms with Gasteiger partial charge in [-0.05, 0) is 126 Å². The van der Waals surface area contributed by atoms with E-state index < -0.39 is 78.4 Å². The average Bonchev–Trinajstić information content (AvgIpc) is 0.958. The number of hydrogen-bond donors (Lipinski definition) is 0. The van der Waals surface area contributed by atoms with Gasteiger partial charge in [0.15, 0.2) is 16.6 Å². The van der Waals surface area contributed by atoms with Gasteiger partial charge in [-0.25, -0.2) is 0 Å². The maximum Gasteiger partial charge on any atom is 0.327 e. The lowest BCUT2D eigenvalue weighted by molar-refractivity contribution is -0.155. The van der Waals surface area contributed by atoms with Crippen molar-refractivity contribution in [3.05, 3.63) is 0 Å². The monoisotopic (exact) mass is 2260 g/mol. The SMILES string of the molecule is C.C.C.C.C.C.CCCC1CC(=O)OC1=O.CCCCCCCCCCCCCCCCCC[SiH](Cl)Cl.CCCCCCCCCCCCCCCCCC[Si](Cl)(Cl)CCCC1CC(=O)OC1=O.CCCCCCCCCCCCCCCCCC[Si](Cl)(Cl)CCCC1CC(=O)OC1=O.CCC[Si](CCCC1CC(=O)OC1=O)(OC)O[Si](C)(C)C.CCC[Si](CCCC1CC(=O)OC1=O)(OC)O[Si](C)(C)C.O. The van der Waals surface area contributed by atoms with Crippen LogP contribution >= 0.6 is 66.5 Å². The Labute approximate surface area is 908 Å². The smallest absolute Gasteiger partial charge is 0.327 e. The normalized spacial score (nSPS) is 17.4. The summed E-state index contributed by atoms with van der Waals surface area (Å²) in [5, 5.41) is 0. The number of cyclic esters (lactones) is 10. The van der Waals surface area contributed by atoms with E-state index >= 15 is 0 Å². The molecule has 5 aliphatic heterocycles. The molecule has 848 valence electrons. The van der Waals surface area contributed by atoms with Crippen LogP contribution in [0, 0.1) is 29.6 Å². The fourth-order valence-corrected chi connectivity index (χ4v) is 42.1. The minimum Gasteiger partial charge on any atom is -0.436 e. The lowest BCUT2D eigenvalue weighted by atomic mass is 10.0. The van der Waals surface area contributed by atoms with Crippen molar-refractivity contribution in [2.24, 2.45) is 29.6 Å². The van der Waals surface area contributed by atoms with E-state index in [0.717, 1.165) is 119 Å². The van der Waals surface area contributed by atoms with Crippen LogP contribution in [0.5, 0.6) is 0 Å². The van der Waals surface area contributed by atoms with E-state index in [-0.39, 0.29) is 148 Å². The summed E-state index contributed by atoms with van der Waals surface area (Å²) in [6, 6.07) is 8.26. The second kappa shape index (κ2) is 97.9. The Balaban J connectivity index is -0.000000256. The number of halogens is 6. The lowest BCUT2D eigenvalue weighted by Gasteiger charge is -2.35. The molecule has 0 aromatic rings. The molecule has 0 aromatic heterocycles. The molecule has 0 aromatic carbocycles. The molecule has 20 nitrogen and oxygen atoms in total. The molecule has 0 aliphatic carbocycles. The zero-order valence-electron chi connectivity index (χ0n) is 88.3. The molecular formula is C109H222Cl6O20Si7. The third kappa shape index (κ3) is 89.3. The first kappa shape index (κ1) is 156. The molecule has 5 heterocycles. The van der Waals surface area contributed by atoms with Gasteiger partial charge in [-0.15, -0.1) is 44.3 Å². The maximum absolute atomic E-state index is 11.5. The maximum atomic E-state index is 11.5. The van der Waals surface area contributed by atoms with Crippen LogP contribution in [-0.4, -0.2) is 134 Å². The van der Waals surface area contributed by atoms with Crippen LogP contribution in [0.25, 0.3) is 0 Å². The highest BCUT2D eigenvalue weighted by atomic mass is 35.7. The summed E-state index contributed by atoms with van der Waals surface area (Å²) in [7, 11) is -5.54. The van der Waals surface area contributed by atoms with Crippen molar-refractivity contribution in [3.8, 4) is 0 Å². The van der Waals surface area contributed by atoms with Crippen LogP contribution in [0.4, 0.5) is 0 Å². The van der Waals surface area contributed by atoms with Crippen molar-refractivity contribution in [2.75, 3.05) is 14.2 Å². The Bertz CT molecular complexity index is 2930. The van der Waals surface area contributed by atoms with Gasteiger partial charge in [0.1, 0.15) is 0 Å². The van der Waals surface area contributed by atoms with Gasteiger partial charge in [0.05, 0.1) is 61.7 Å². The van der Waals surface area contributed by atoms with Crippen LogP contribution in [0.1, 0.15) is 503 Å². The quantitative estimate of drug-likeness (QED) is 0.0136. The fourth-order valence-electron chi connectivity index (χ4n) is 18.3. The third-order valence-electron chi connectivity index (χ3n) is 25.9. The van der Waals surface area contributed by atoms with Crippen molar-refractivity contribution in [2.45, 2.75) is 597 Å². The highest BCUT2D eigenvalue weighted by Gasteiger charge is 2.44. The molecule has 0 saturated carbocycles. The van der Waals surface area contributed by atoms with Gasteiger partial charge in [-0.2, -0.15) is 22.2 Å². The van der Waals surface area contributed by atoms with Crippen molar-refractivity contribution in [3.63, 3.8) is 0 Å². The molecule has 142 heavy (non-hydrogen) atoms. The molecule has 0 amide bonds. The van der Waals surface area contributed by atoms with Gasteiger partial charge in [-0.1, -0.05) is 439 Å². The van der Waals surface area contributed by atoms with Gasteiger partial charge >= 0.3 is 76.8 Å². The molecule has 7 atom stereocenters. The third-order valence-corrected chi connectivity index (χ3v) is 51.1. The second-order valence-corrected chi connectivity index (χ2v) is 78.3. The van der Waals surface area contributed by atoms with Crippen molar-refractivity contribution >= 4 is 181 Å². The number of carbonyl (C=O) groups excluding carboxylic acids is 10. The zero-order valence-corrected chi connectivity index (χ0v) is 100. The van der Waals surface area contributed by atoms with Crippen molar-refractivity contribution in [1.29, 1.82) is 0 Å². The predicted octanol–water partition coefficient (Wildman–Crippen LogP) is 36.3. The van der Waals surface area contributed by atoms with Crippen LogP contribution < -0.4 is 0 Å². The van der Waals surface area contributed by atoms with E-state index in [1.54, 1.807) is 14.2 Å². The summed E-state index contributed by atoms with van der Waals surface area (Å²) in [6.07, 6.45) is 77.3. The molecule has 5 aliphatic rings. The van der Waals surface area contributed by atoms with Crippen molar-refractivity contribution < 1.29 is 94.2 Å². The average molecular weight is 2260 g/mol. The minimum atomic E-state index is -2.21. The largest absolute Gasteiger partial charge is 0.436 e. The molecule has 0 radical (unpaired) electrons. The lowest BCUT2D eigenvalue weighted by Crippen LogP contribution is -2.48. The number of hydrogen-bond acceptors (Lipinski definition) is 19. The molecule has 33 heteroatoms. The van der Waals surface area contributed by atoms with Gasteiger partial charge in [-0.3, -0.25) is 47.9 Å². The summed E-state index contributed by atoms with van der Waals surface area (Å²) >= 11 is 38.0. The second-order valence-electron chi connectivity index (χ2n) is 41.3. The summed E-state index contributed by atoms with van der Waals surface area (Å²) in [4.78, 5) is 112. The Morgan fingerprint density at radius 1 is 0.246 bits per heavy atom. The van der Waals surface area contributed by atoms with E-state index in [0.29, 0.717) is 25.7 Å². The predicted molar refractivity (Wildman–Crippen MR) is 623 cm³/mol. The summed E-state index contributed by atoms with van der Waals surface area (Å²) in [5.74, 6) is -5.04. The highest BCUT2D eigenvalue weighted by Crippen LogP contribution is 2.37. The Morgan fingerprint density at radius 2 is 0.423 bits per heavy atom. The molecular weight excluding hydrogens is 2040 g/mol. The Morgan fingerprint density at radius 3 is 0.585 bits per heavy atom. The van der Waals surface area contributed by atoms with E-state index in [4.69, 9.17) is 83.6 Å². The zero-order chi connectivity index (χ0) is 101. The standard InChI is InChI=1S/2C25H46Cl2O3Si.C18H38Cl2Si.2C14H28O5Si2.C7H10O3.6CH4.H2O/c2*1-2-3-4-5-6-7-8-9-10-11-12-13-14-15-16-17-20-31(26,27)21-18-19-23-22-24(28)30-25(23)29;1-2-3-4-5-6-7-8-9-10-11-12-13-14-15-16-17-18-21(19)20;2*1-6-9-21(17-2,19-20(3,4)5)10-7-8-12-11-13(15)18-14(12)16;1-2-3-5-4-6(8)10-7(5)9;;;;;;;/h2*23H,2-22H2,1H3;21H,2-18H2,1H3;2*12H,6-11H2,1-5H3;5H,2-4H2,1H3;6*1H4;1H2. The van der Waals surface area contributed by atoms with Crippen LogP contribution in [-0.2, 0) is 88.7 Å². The first-order chi connectivity index (χ1) is 64.3. The van der Waals surface area contributed by atoms with Gasteiger partial charge < -0.3 is 46.2 Å². The molecule has 0 bridgehead atoms. The number of carbonyl (C=O) groups is 10. The number of esters is 10. The van der Waals surface area contributed by atoms with Crippen LogP contribution in [0.2, 0.25) is 93.7 Å². The Hall–Kier alpha value is -1.24.